The van der Waals surface area contributed by atoms with Crippen LogP contribution in [0.3, 0.4) is 0 Å². The van der Waals surface area contributed by atoms with Crippen molar-refractivity contribution in [3.63, 3.8) is 0 Å². The molecule has 0 radical (unpaired) electrons. The standard InChI is InChI=1S/C9H19NO3/c1-4-10(5-2)8(7-13-3)6-9(11)12/h8H,4-7H2,1-3H3,(H,11,12). The molecule has 0 aromatic rings. The average Bonchev–Trinajstić information content (AvgIpc) is 2.05. The molecule has 1 unspecified atom stereocenters. The zero-order valence-electron chi connectivity index (χ0n) is 8.62. The van der Waals surface area contributed by atoms with E-state index in [9.17, 15) is 4.79 Å². The van der Waals surface area contributed by atoms with Crippen LogP contribution in [-0.4, -0.2) is 48.8 Å². The minimum Gasteiger partial charge on any atom is -0.481 e. The van der Waals surface area contributed by atoms with Crippen molar-refractivity contribution >= 4 is 5.97 Å². The van der Waals surface area contributed by atoms with Crippen molar-refractivity contribution in [1.82, 2.24) is 4.90 Å². The Bertz CT molecular complexity index is 146. The summed E-state index contributed by atoms with van der Waals surface area (Å²) in [6, 6.07) is -0.00231. The largest absolute Gasteiger partial charge is 0.481 e. The van der Waals surface area contributed by atoms with Crippen LogP contribution in [0.25, 0.3) is 0 Å². The number of carboxylic acids is 1. The van der Waals surface area contributed by atoms with Crippen molar-refractivity contribution < 1.29 is 14.6 Å². The molecule has 0 heterocycles. The summed E-state index contributed by atoms with van der Waals surface area (Å²) in [6.07, 6.45) is 0.148. The van der Waals surface area contributed by atoms with E-state index in [2.05, 4.69) is 4.90 Å². The van der Waals surface area contributed by atoms with Crippen molar-refractivity contribution in [2.24, 2.45) is 0 Å². The van der Waals surface area contributed by atoms with E-state index in [1.165, 1.54) is 0 Å². The van der Waals surface area contributed by atoms with Gasteiger partial charge in [0, 0.05) is 13.2 Å². The lowest BCUT2D eigenvalue weighted by atomic mass is 10.2. The summed E-state index contributed by atoms with van der Waals surface area (Å²) < 4.78 is 4.98. The molecule has 78 valence electrons. The Hall–Kier alpha value is -0.610. The number of aliphatic carboxylic acids is 1. The monoisotopic (exact) mass is 189 g/mol. The molecule has 0 bridgehead atoms. The highest BCUT2D eigenvalue weighted by Crippen LogP contribution is 2.04. The minimum atomic E-state index is -0.769. The molecule has 1 N–H and O–H groups in total. The molecule has 1 atom stereocenters. The van der Waals surface area contributed by atoms with Crippen LogP contribution < -0.4 is 0 Å². The summed E-state index contributed by atoms with van der Waals surface area (Å²) in [5.41, 5.74) is 0. The van der Waals surface area contributed by atoms with Crippen LogP contribution in [0, 0.1) is 0 Å². The van der Waals surface area contributed by atoms with Gasteiger partial charge in [-0.15, -0.1) is 0 Å². The minimum absolute atomic E-state index is 0.00231. The highest BCUT2D eigenvalue weighted by atomic mass is 16.5. The fourth-order valence-electron chi connectivity index (χ4n) is 1.43. The molecule has 0 saturated heterocycles. The number of methoxy groups -OCH3 is 1. The predicted molar refractivity (Wildman–Crippen MR) is 50.8 cm³/mol. The van der Waals surface area contributed by atoms with Gasteiger partial charge in [-0.05, 0) is 13.1 Å². The molecule has 0 amide bonds. The molecule has 0 aliphatic rings. The lowest BCUT2D eigenvalue weighted by Gasteiger charge is -2.27. The van der Waals surface area contributed by atoms with Gasteiger partial charge in [-0.3, -0.25) is 9.69 Å². The summed E-state index contributed by atoms with van der Waals surface area (Å²) >= 11 is 0. The summed E-state index contributed by atoms with van der Waals surface area (Å²) in [5.74, 6) is -0.769. The van der Waals surface area contributed by atoms with Crippen LogP contribution in [0.1, 0.15) is 20.3 Å². The van der Waals surface area contributed by atoms with Crippen LogP contribution in [0.5, 0.6) is 0 Å². The number of ether oxygens (including phenoxy) is 1. The van der Waals surface area contributed by atoms with Crippen LogP contribution in [0.15, 0.2) is 0 Å². The van der Waals surface area contributed by atoms with Crippen LogP contribution >= 0.6 is 0 Å². The molecule has 4 heteroatoms. The lowest BCUT2D eigenvalue weighted by molar-refractivity contribution is -0.139. The second-order valence-electron chi connectivity index (χ2n) is 2.93. The van der Waals surface area contributed by atoms with Gasteiger partial charge in [-0.1, -0.05) is 13.8 Å². The van der Waals surface area contributed by atoms with Gasteiger partial charge in [-0.25, -0.2) is 0 Å². The van der Waals surface area contributed by atoms with Crippen molar-refractivity contribution in [2.45, 2.75) is 26.3 Å². The van der Waals surface area contributed by atoms with Gasteiger partial charge in [-0.2, -0.15) is 0 Å². The van der Waals surface area contributed by atoms with Crippen molar-refractivity contribution in [3.8, 4) is 0 Å². The lowest BCUT2D eigenvalue weighted by Crippen LogP contribution is -2.39. The van der Waals surface area contributed by atoms with Crippen LogP contribution in [-0.2, 0) is 9.53 Å². The van der Waals surface area contributed by atoms with Gasteiger partial charge in [0.2, 0.25) is 0 Å². The van der Waals surface area contributed by atoms with Gasteiger partial charge in [0.1, 0.15) is 0 Å². The fourth-order valence-corrected chi connectivity index (χ4v) is 1.43. The first kappa shape index (κ1) is 12.4. The average molecular weight is 189 g/mol. The Morgan fingerprint density at radius 2 is 2.00 bits per heavy atom. The van der Waals surface area contributed by atoms with E-state index < -0.39 is 5.97 Å². The van der Waals surface area contributed by atoms with E-state index in [0.717, 1.165) is 13.1 Å². The fraction of sp³-hybridized carbons (Fsp3) is 0.889. The number of carboxylic acid groups (broad SMARTS) is 1. The van der Waals surface area contributed by atoms with Gasteiger partial charge >= 0.3 is 5.97 Å². The van der Waals surface area contributed by atoms with Crippen LogP contribution in [0.2, 0.25) is 0 Å². The zero-order chi connectivity index (χ0) is 10.3. The van der Waals surface area contributed by atoms with Gasteiger partial charge < -0.3 is 9.84 Å². The molecule has 0 aromatic carbocycles. The first-order valence-corrected chi connectivity index (χ1v) is 4.60. The second-order valence-corrected chi connectivity index (χ2v) is 2.93. The molecule has 4 nitrogen and oxygen atoms in total. The quantitative estimate of drug-likeness (QED) is 0.644. The van der Waals surface area contributed by atoms with E-state index in [1.54, 1.807) is 7.11 Å². The van der Waals surface area contributed by atoms with Crippen molar-refractivity contribution in [3.05, 3.63) is 0 Å². The molecule has 0 fully saturated rings. The van der Waals surface area contributed by atoms with E-state index in [4.69, 9.17) is 9.84 Å². The predicted octanol–water partition coefficient (Wildman–Crippen LogP) is 0.818. The number of rotatable bonds is 7. The summed E-state index contributed by atoms with van der Waals surface area (Å²) in [6.45, 7) is 6.24. The van der Waals surface area contributed by atoms with Crippen molar-refractivity contribution in [1.29, 1.82) is 0 Å². The molecular weight excluding hydrogens is 170 g/mol. The highest BCUT2D eigenvalue weighted by molar-refractivity contribution is 5.67. The van der Waals surface area contributed by atoms with E-state index in [0.29, 0.717) is 6.61 Å². The van der Waals surface area contributed by atoms with Crippen molar-refractivity contribution in [2.75, 3.05) is 26.8 Å². The number of carbonyl (C=O) groups is 1. The van der Waals surface area contributed by atoms with Gasteiger partial charge in [0.15, 0.2) is 0 Å². The highest BCUT2D eigenvalue weighted by Gasteiger charge is 2.18. The maximum Gasteiger partial charge on any atom is 0.305 e. The smallest absolute Gasteiger partial charge is 0.305 e. The summed E-state index contributed by atoms with van der Waals surface area (Å²) in [4.78, 5) is 12.6. The third-order valence-electron chi connectivity index (χ3n) is 2.10. The zero-order valence-corrected chi connectivity index (χ0v) is 8.62. The summed E-state index contributed by atoms with van der Waals surface area (Å²) in [5, 5.41) is 8.67. The molecule has 0 spiro atoms. The Morgan fingerprint density at radius 1 is 1.46 bits per heavy atom. The van der Waals surface area contributed by atoms with E-state index >= 15 is 0 Å². The van der Waals surface area contributed by atoms with E-state index in [-0.39, 0.29) is 12.5 Å². The van der Waals surface area contributed by atoms with Gasteiger partial charge in [0.25, 0.3) is 0 Å². The molecule has 0 rings (SSSR count). The molecule has 13 heavy (non-hydrogen) atoms. The summed E-state index contributed by atoms with van der Waals surface area (Å²) in [7, 11) is 1.60. The maximum atomic E-state index is 10.5. The molecule has 0 saturated carbocycles. The number of nitrogens with zero attached hydrogens (tertiary/aromatic N) is 1. The first-order valence-electron chi connectivity index (χ1n) is 4.60. The Morgan fingerprint density at radius 3 is 2.31 bits per heavy atom. The molecular formula is C9H19NO3. The first-order chi connectivity index (χ1) is 6.15. The molecule has 0 aliphatic carbocycles. The topological polar surface area (TPSA) is 49.8 Å². The number of hydrogen-bond acceptors (Lipinski definition) is 3. The Labute approximate surface area is 79.5 Å². The Balaban J connectivity index is 4.11. The maximum absolute atomic E-state index is 10.5. The van der Waals surface area contributed by atoms with Crippen LogP contribution in [0.4, 0.5) is 0 Å². The molecule has 0 aromatic heterocycles. The van der Waals surface area contributed by atoms with Gasteiger partial charge in [0.05, 0.1) is 13.0 Å². The second kappa shape index (κ2) is 6.86. The number of likely N-dealkylation sites (N-methyl/N-ethyl adjacent to an activating group) is 1. The molecule has 0 aliphatic heterocycles. The van der Waals surface area contributed by atoms with E-state index in [1.807, 2.05) is 13.8 Å². The number of hydrogen-bond donors (Lipinski definition) is 1. The third-order valence-corrected chi connectivity index (χ3v) is 2.10. The SMILES string of the molecule is CCN(CC)C(COC)CC(=O)O. The third kappa shape index (κ3) is 4.85. The normalized spacial score (nSPS) is 13.2. The Kier molecular flexibility index (Phi) is 6.54.